The van der Waals surface area contributed by atoms with E-state index in [0.29, 0.717) is 18.4 Å². The van der Waals surface area contributed by atoms with Crippen molar-refractivity contribution in [1.29, 1.82) is 0 Å². The van der Waals surface area contributed by atoms with E-state index in [0.717, 1.165) is 0 Å². The molecule has 1 aromatic carbocycles. The molecule has 1 aliphatic rings. The van der Waals surface area contributed by atoms with E-state index in [4.69, 9.17) is 9.47 Å². The van der Waals surface area contributed by atoms with Crippen LogP contribution in [0.4, 0.5) is 4.39 Å². The summed E-state index contributed by atoms with van der Waals surface area (Å²) in [6.45, 7) is 3.78. The molecule has 0 aromatic heterocycles. The van der Waals surface area contributed by atoms with Crippen LogP contribution in [0.3, 0.4) is 0 Å². The molecular formula is C18H23FO5. The summed E-state index contributed by atoms with van der Waals surface area (Å²) in [5.41, 5.74) is 0.607. The van der Waals surface area contributed by atoms with Crippen molar-refractivity contribution in [2.24, 2.45) is 11.8 Å². The number of hydrogen-bond donors (Lipinski definition) is 1. The van der Waals surface area contributed by atoms with Gasteiger partial charge in [0.05, 0.1) is 31.2 Å². The monoisotopic (exact) mass is 338 g/mol. The Balaban J connectivity index is 2.40. The van der Waals surface area contributed by atoms with E-state index in [-0.39, 0.29) is 13.2 Å². The Morgan fingerprint density at radius 3 is 2.25 bits per heavy atom. The minimum absolute atomic E-state index is 0.178. The first-order chi connectivity index (χ1) is 11.5. The average molecular weight is 338 g/mol. The second kappa shape index (κ2) is 8.24. The zero-order chi connectivity index (χ0) is 17.7. The summed E-state index contributed by atoms with van der Waals surface area (Å²) in [5.74, 6) is -3.56. The number of rotatable bonds is 5. The Labute approximate surface area is 140 Å². The number of ether oxygens (including phenoxy) is 2. The maximum atomic E-state index is 13.2. The Kier molecular flexibility index (Phi) is 6.31. The summed E-state index contributed by atoms with van der Waals surface area (Å²) in [5, 5.41) is 10.5. The molecule has 2 rings (SSSR count). The van der Waals surface area contributed by atoms with Crippen molar-refractivity contribution in [1.82, 2.24) is 0 Å². The van der Waals surface area contributed by atoms with Crippen LogP contribution in [0.25, 0.3) is 0 Å². The summed E-state index contributed by atoms with van der Waals surface area (Å²) in [4.78, 5) is 24.8. The maximum Gasteiger partial charge on any atom is 0.310 e. The van der Waals surface area contributed by atoms with Crippen LogP contribution in [0.5, 0.6) is 0 Å². The number of aliphatic hydroxyl groups excluding tert-OH is 1. The van der Waals surface area contributed by atoms with Gasteiger partial charge in [0, 0.05) is 5.92 Å². The first kappa shape index (κ1) is 18.4. The van der Waals surface area contributed by atoms with Crippen LogP contribution in [0.2, 0.25) is 0 Å². The molecule has 1 fully saturated rings. The molecule has 1 N–H and O–H groups in total. The van der Waals surface area contributed by atoms with Crippen molar-refractivity contribution in [3.05, 3.63) is 35.6 Å². The largest absolute Gasteiger partial charge is 0.466 e. The summed E-state index contributed by atoms with van der Waals surface area (Å²) in [7, 11) is 0. The maximum absolute atomic E-state index is 13.2. The van der Waals surface area contributed by atoms with Crippen LogP contribution in [0, 0.1) is 17.7 Å². The number of hydrogen-bond acceptors (Lipinski definition) is 5. The highest BCUT2D eigenvalue weighted by atomic mass is 19.1. The molecule has 5 nitrogen and oxygen atoms in total. The third-order valence-corrected chi connectivity index (χ3v) is 4.41. The Morgan fingerprint density at radius 1 is 1.08 bits per heavy atom. The summed E-state index contributed by atoms with van der Waals surface area (Å²) < 4.78 is 23.4. The third kappa shape index (κ3) is 3.93. The first-order valence-electron chi connectivity index (χ1n) is 8.26. The van der Waals surface area contributed by atoms with Crippen LogP contribution in [-0.4, -0.2) is 36.4 Å². The molecule has 6 heteroatoms. The normalized spacial score (nSPS) is 26.7. The van der Waals surface area contributed by atoms with Gasteiger partial charge in [-0.2, -0.15) is 0 Å². The molecule has 0 unspecified atom stereocenters. The molecule has 0 aliphatic heterocycles. The number of halogens is 1. The topological polar surface area (TPSA) is 72.8 Å². The van der Waals surface area contributed by atoms with Crippen LogP contribution in [-0.2, 0) is 19.1 Å². The summed E-state index contributed by atoms with van der Waals surface area (Å²) in [6.07, 6.45) is -0.0988. The van der Waals surface area contributed by atoms with Gasteiger partial charge >= 0.3 is 11.9 Å². The van der Waals surface area contributed by atoms with E-state index >= 15 is 0 Å². The fraction of sp³-hybridized carbons (Fsp3) is 0.556. The minimum atomic E-state index is -0.849. The number of carbonyl (C=O) groups excluding carboxylic acids is 2. The fourth-order valence-electron chi connectivity index (χ4n) is 3.38. The molecule has 0 bridgehead atoms. The second-order valence-electron chi connectivity index (χ2n) is 5.86. The lowest BCUT2D eigenvalue weighted by molar-refractivity contribution is -0.166. The van der Waals surface area contributed by atoms with Crippen molar-refractivity contribution in [3.63, 3.8) is 0 Å². The lowest BCUT2D eigenvalue weighted by Gasteiger charge is -2.38. The van der Waals surface area contributed by atoms with Gasteiger partial charge in [-0.25, -0.2) is 4.39 Å². The van der Waals surface area contributed by atoms with Crippen molar-refractivity contribution in [3.8, 4) is 0 Å². The van der Waals surface area contributed by atoms with E-state index in [1.807, 2.05) is 0 Å². The van der Waals surface area contributed by atoms with Crippen LogP contribution in [0.15, 0.2) is 24.3 Å². The third-order valence-electron chi connectivity index (χ3n) is 4.41. The predicted octanol–water partition coefficient (Wildman–Crippen LogP) is 2.42. The van der Waals surface area contributed by atoms with Gasteiger partial charge in [-0.05, 0) is 44.4 Å². The zero-order valence-electron chi connectivity index (χ0n) is 13.9. The van der Waals surface area contributed by atoms with Gasteiger partial charge < -0.3 is 14.6 Å². The molecule has 1 aliphatic carbocycles. The Morgan fingerprint density at radius 2 is 1.67 bits per heavy atom. The summed E-state index contributed by atoms with van der Waals surface area (Å²) >= 11 is 0. The number of benzene rings is 1. The number of carbonyl (C=O) groups is 2. The molecule has 1 saturated carbocycles. The van der Waals surface area contributed by atoms with E-state index in [9.17, 15) is 19.1 Å². The lowest BCUT2D eigenvalue weighted by Crippen LogP contribution is -2.45. The van der Waals surface area contributed by atoms with Crippen LogP contribution >= 0.6 is 0 Å². The van der Waals surface area contributed by atoms with Gasteiger partial charge in [-0.3, -0.25) is 9.59 Å². The van der Waals surface area contributed by atoms with Crippen molar-refractivity contribution >= 4 is 11.9 Å². The molecule has 24 heavy (non-hydrogen) atoms. The van der Waals surface area contributed by atoms with Crippen LogP contribution < -0.4 is 0 Å². The van der Waals surface area contributed by atoms with Crippen molar-refractivity contribution in [2.45, 2.75) is 38.7 Å². The fourth-order valence-corrected chi connectivity index (χ4v) is 3.38. The Bertz CT molecular complexity index is 571. The van der Waals surface area contributed by atoms with Gasteiger partial charge in [0.2, 0.25) is 0 Å². The molecule has 0 heterocycles. The molecule has 1 aromatic rings. The molecule has 0 spiro atoms. The molecule has 0 amide bonds. The lowest BCUT2D eigenvalue weighted by atomic mass is 9.67. The Hall–Kier alpha value is -1.95. The average Bonchev–Trinajstić information content (AvgIpc) is 2.56. The van der Waals surface area contributed by atoms with E-state index in [1.165, 1.54) is 24.3 Å². The zero-order valence-corrected chi connectivity index (χ0v) is 13.9. The van der Waals surface area contributed by atoms with Gasteiger partial charge in [-0.1, -0.05) is 12.1 Å². The minimum Gasteiger partial charge on any atom is -0.466 e. The predicted molar refractivity (Wildman–Crippen MR) is 84.6 cm³/mol. The highest BCUT2D eigenvalue weighted by Gasteiger charge is 2.48. The van der Waals surface area contributed by atoms with Gasteiger partial charge in [0.25, 0.3) is 0 Å². The van der Waals surface area contributed by atoms with Gasteiger partial charge in [-0.15, -0.1) is 0 Å². The van der Waals surface area contributed by atoms with Crippen molar-refractivity contribution in [2.75, 3.05) is 13.2 Å². The van der Waals surface area contributed by atoms with Gasteiger partial charge in [0.15, 0.2) is 0 Å². The highest BCUT2D eigenvalue weighted by molar-refractivity contribution is 5.83. The molecule has 4 atom stereocenters. The standard InChI is InChI=1S/C18H23FO5/c1-3-23-17(21)13-9-10-14(20)15(16(13)18(22)24-4-2)11-5-7-12(19)8-6-11/h5-8,13-16,20H,3-4,9-10H2,1-2H3/t13-,14-,15+,16-/m0/s1. The quantitative estimate of drug-likeness (QED) is 0.835. The van der Waals surface area contributed by atoms with Crippen molar-refractivity contribution < 1.29 is 28.6 Å². The van der Waals surface area contributed by atoms with E-state index in [2.05, 4.69) is 0 Å². The van der Waals surface area contributed by atoms with Crippen LogP contribution in [0.1, 0.15) is 38.2 Å². The SMILES string of the molecule is CCOC(=O)[C@@H]1[C@H](c2ccc(F)cc2)[C@@H](O)CC[C@@H]1C(=O)OCC. The van der Waals surface area contributed by atoms with Gasteiger partial charge in [0.1, 0.15) is 5.82 Å². The highest BCUT2D eigenvalue weighted by Crippen LogP contribution is 2.43. The number of esters is 2. The molecule has 0 saturated heterocycles. The second-order valence-corrected chi connectivity index (χ2v) is 5.86. The molecule has 132 valence electrons. The molecular weight excluding hydrogens is 315 g/mol. The summed E-state index contributed by atoms with van der Waals surface area (Å²) in [6, 6.07) is 5.61. The van der Waals surface area contributed by atoms with E-state index in [1.54, 1.807) is 13.8 Å². The number of aliphatic hydroxyl groups is 1. The smallest absolute Gasteiger partial charge is 0.310 e. The first-order valence-corrected chi connectivity index (χ1v) is 8.26. The van der Waals surface area contributed by atoms with E-state index < -0.39 is 41.6 Å². The molecule has 0 radical (unpaired) electrons.